The van der Waals surface area contributed by atoms with Crippen molar-refractivity contribution in [3.8, 4) is 5.88 Å². The second kappa shape index (κ2) is 9.26. The van der Waals surface area contributed by atoms with Crippen LogP contribution in [0.1, 0.15) is 11.1 Å². The Bertz CT molecular complexity index is 1210. The number of amides is 1. The van der Waals surface area contributed by atoms with Gasteiger partial charge in [0.2, 0.25) is 5.88 Å². The predicted octanol–water partition coefficient (Wildman–Crippen LogP) is 5.62. The summed E-state index contributed by atoms with van der Waals surface area (Å²) in [4.78, 5) is 12.2. The molecule has 1 heterocycles. The monoisotopic (exact) mass is 412 g/mol. The van der Waals surface area contributed by atoms with E-state index in [1.165, 1.54) is 5.56 Å². The molecule has 31 heavy (non-hydrogen) atoms. The summed E-state index contributed by atoms with van der Waals surface area (Å²) in [6.07, 6.45) is 0.767. The van der Waals surface area contributed by atoms with Gasteiger partial charge in [-0.25, -0.2) is 0 Å². The van der Waals surface area contributed by atoms with Crippen molar-refractivity contribution in [2.75, 3.05) is 11.9 Å². The number of anilines is 1. The lowest BCUT2D eigenvalue weighted by molar-refractivity contribution is -0.116. The molecule has 6 heteroatoms. The topological polar surface area (TPSA) is 79.0 Å². The fourth-order valence-electron chi connectivity index (χ4n) is 3.47. The van der Waals surface area contributed by atoms with Crippen molar-refractivity contribution in [1.82, 2.24) is 4.57 Å². The van der Waals surface area contributed by atoms with E-state index >= 15 is 0 Å². The molecule has 0 radical (unpaired) electrons. The van der Waals surface area contributed by atoms with Crippen LogP contribution in [0.25, 0.3) is 10.9 Å². The summed E-state index contributed by atoms with van der Waals surface area (Å²) in [6.45, 7) is 2.63. The number of aromatic nitrogens is 1. The van der Waals surface area contributed by atoms with E-state index in [2.05, 4.69) is 27.7 Å². The number of para-hydroxylation sites is 1. The molecule has 0 aliphatic rings. The second-order valence-corrected chi connectivity index (χ2v) is 7.39. The number of azo groups is 1. The maximum Gasteiger partial charge on any atom is 0.283 e. The minimum atomic E-state index is -0.416. The van der Waals surface area contributed by atoms with Crippen LogP contribution in [-0.2, 0) is 17.8 Å². The van der Waals surface area contributed by atoms with Gasteiger partial charge < -0.3 is 15.0 Å². The molecule has 2 N–H and O–H groups in total. The van der Waals surface area contributed by atoms with Crippen molar-refractivity contribution < 1.29 is 9.90 Å². The summed E-state index contributed by atoms with van der Waals surface area (Å²) < 4.78 is 1.81. The lowest BCUT2D eigenvalue weighted by Crippen LogP contribution is -2.10. The van der Waals surface area contributed by atoms with Crippen LogP contribution in [0.3, 0.4) is 0 Å². The van der Waals surface area contributed by atoms with Crippen LogP contribution in [0.2, 0.25) is 0 Å². The maximum atomic E-state index is 12.2. The Balaban J connectivity index is 1.51. The average molecular weight is 412 g/mol. The van der Waals surface area contributed by atoms with Crippen LogP contribution < -0.4 is 5.32 Å². The lowest BCUT2D eigenvalue weighted by Gasteiger charge is -2.07. The standard InChI is InChI=1S/C25H24N4O2/c1-18-11-13-20(14-12-18)26-17-23(30)27-28-24-21-9-5-6-10-22(21)29(25(24)31)16-15-19-7-3-2-4-8-19/h2-14,26,31H,15-17H2,1H3. The van der Waals surface area contributed by atoms with Gasteiger partial charge in [-0.3, -0.25) is 4.79 Å². The zero-order chi connectivity index (χ0) is 21.6. The number of aryl methyl sites for hydroxylation is 3. The fourth-order valence-corrected chi connectivity index (χ4v) is 3.47. The molecule has 156 valence electrons. The van der Waals surface area contributed by atoms with E-state index < -0.39 is 5.91 Å². The third-order valence-corrected chi connectivity index (χ3v) is 5.14. The van der Waals surface area contributed by atoms with Gasteiger partial charge in [-0.05, 0) is 37.1 Å². The molecule has 3 aromatic carbocycles. The van der Waals surface area contributed by atoms with E-state index in [-0.39, 0.29) is 12.4 Å². The SMILES string of the molecule is Cc1ccc(NCC(=O)N=Nc2c(O)n(CCc3ccccc3)c3ccccc23)cc1. The predicted molar refractivity (Wildman–Crippen MR) is 123 cm³/mol. The number of hydrogen-bond donors (Lipinski definition) is 2. The number of hydrogen-bond acceptors (Lipinski definition) is 4. The smallest absolute Gasteiger partial charge is 0.283 e. The second-order valence-electron chi connectivity index (χ2n) is 7.39. The summed E-state index contributed by atoms with van der Waals surface area (Å²) in [5.74, 6) is -0.402. The van der Waals surface area contributed by atoms with Crippen molar-refractivity contribution in [2.24, 2.45) is 10.2 Å². The third kappa shape index (κ3) is 4.80. The summed E-state index contributed by atoms with van der Waals surface area (Å²) in [7, 11) is 0. The van der Waals surface area contributed by atoms with Gasteiger partial charge in [0.1, 0.15) is 0 Å². The molecule has 0 aliphatic heterocycles. The highest BCUT2D eigenvalue weighted by atomic mass is 16.3. The van der Waals surface area contributed by atoms with Gasteiger partial charge in [0, 0.05) is 17.6 Å². The Kier molecular flexibility index (Phi) is 6.08. The van der Waals surface area contributed by atoms with E-state index in [9.17, 15) is 9.90 Å². The molecule has 0 atom stereocenters. The van der Waals surface area contributed by atoms with Crippen molar-refractivity contribution in [2.45, 2.75) is 19.9 Å². The van der Waals surface area contributed by atoms with Gasteiger partial charge >= 0.3 is 0 Å². The van der Waals surface area contributed by atoms with Crippen LogP contribution in [0.5, 0.6) is 5.88 Å². The Morgan fingerprint density at radius 3 is 2.45 bits per heavy atom. The number of fused-ring (bicyclic) bond motifs is 1. The maximum absolute atomic E-state index is 12.2. The highest BCUT2D eigenvalue weighted by Crippen LogP contribution is 2.38. The van der Waals surface area contributed by atoms with Gasteiger partial charge in [0.15, 0.2) is 5.69 Å². The van der Waals surface area contributed by atoms with Gasteiger partial charge in [0.25, 0.3) is 5.91 Å². The van der Waals surface area contributed by atoms with Gasteiger partial charge in [-0.2, -0.15) is 0 Å². The van der Waals surface area contributed by atoms with Crippen LogP contribution in [0, 0.1) is 6.92 Å². The molecular weight excluding hydrogens is 388 g/mol. The van der Waals surface area contributed by atoms with Crippen molar-refractivity contribution in [3.05, 3.63) is 90.0 Å². The summed E-state index contributed by atoms with van der Waals surface area (Å²) in [5, 5.41) is 22.5. The number of carbonyl (C=O) groups excluding carboxylic acids is 1. The van der Waals surface area contributed by atoms with Gasteiger partial charge in [-0.1, -0.05) is 66.2 Å². The number of rotatable bonds is 7. The van der Waals surface area contributed by atoms with Crippen LogP contribution in [-0.4, -0.2) is 22.1 Å². The molecule has 0 saturated heterocycles. The zero-order valence-electron chi connectivity index (χ0n) is 17.3. The van der Waals surface area contributed by atoms with E-state index in [1.807, 2.05) is 78.2 Å². The number of aromatic hydroxyl groups is 1. The van der Waals surface area contributed by atoms with Crippen molar-refractivity contribution >= 4 is 28.2 Å². The number of carbonyl (C=O) groups is 1. The zero-order valence-corrected chi connectivity index (χ0v) is 17.3. The quantitative estimate of drug-likeness (QED) is 0.387. The molecule has 0 unspecified atom stereocenters. The average Bonchev–Trinajstić information content (AvgIpc) is 3.07. The summed E-state index contributed by atoms with van der Waals surface area (Å²) >= 11 is 0. The van der Waals surface area contributed by atoms with E-state index in [4.69, 9.17) is 0 Å². The Labute approximate surface area is 180 Å². The molecule has 4 aromatic rings. The van der Waals surface area contributed by atoms with Crippen LogP contribution in [0.15, 0.2) is 89.1 Å². The number of benzene rings is 3. The van der Waals surface area contributed by atoms with Crippen LogP contribution >= 0.6 is 0 Å². The first-order valence-corrected chi connectivity index (χ1v) is 10.2. The molecule has 1 amide bonds. The minimum Gasteiger partial charge on any atom is -0.493 e. The molecule has 0 bridgehead atoms. The van der Waals surface area contributed by atoms with Crippen molar-refractivity contribution in [1.29, 1.82) is 0 Å². The Morgan fingerprint density at radius 2 is 1.68 bits per heavy atom. The first kappa shape index (κ1) is 20.3. The number of nitrogens with zero attached hydrogens (tertiary/aromatic N) is 3. The highest BCUT2D eigenvalue weighted by molar-refractivity contribution is 5.95. The minimum absolute atomic E-state index is 0.0141. The van der Waals surface area contributed by atoms with E-state index in [0.29, 0.717) is 12.2 Å². The molecule has 6 nitrogen and oxygen atoms in total. The van der Waals surface area contributed by atoms with Gasteiger partial charge in [0.05, 0.1) is 12.1 Å². The lowest BCUT2D eigenvalue weighted by atomic mass is 10.1. The first-order valence-electron chi connectivity index (χ1n) is 10.2. The fraction of sp³-hybridized carbons (Fsp3) is 0.160. The Hall–Kier alpha value is -3.93. The molecule has 1 aromatic heterocycles. The van der Waals surface area contributed by atoms with Crippen LogP contribution in [0.4, 0.5) is 11.4 Å². The largest absolute Gasteiger partial charge is 0.493 e. The highest BCUT2D eigenvalue weighted by Gasteiger charge is 2.16. The molecule has 0 saturated carbocycles. The molecule has 4 rings (SSSR count). The van der Waals surface area contributed by atoms with Gasteiger partial charge in [-0.15, -0.1) is 10.2 Å². The van der Waals surface area contributed by atoms with E-state index in [0.717, 1.165) is 28.6 Å². The molecule has 0 aliphatic carbocycles. The Morgan fingerprint density at radius 1 is 0.968 bits per heavy atom. The molecule has 0 spiro atoms. The van der Waals surface area contributed by atoms with Crippen molar-refractivity contribution in [3.63, 3.8) is 0 Å². The normalized spacial score (nSPS) is 11.3. The molecule has 0 fully saturated rings. The first-order chi connectivity index (χ1) is 15.1. The third-order valence-electron chi connectivity index (χ3n) is 5.14. The van der Waals surface area contributed by atoms with E-state index in [1.54, 1.807) is 0 Å². The summed E-state index contributed by atoms with van der Waals surface area (Å²) in [6, 6.07) is 25.4. The molecular formula is C25H24N4O2. The summed E-state index contributed by atoms with van der Waals surface area (Å²) in [5.41, 5.74) is 4.34. The number of nitrogens with one attached hydrogen (secondary N) is 1.